The summed E-state index contributed by atoms with van der Waals surface area (Å²) in [6.07, 6.45) is 1.52. The molecule has 5 heteroatoms. The monoisotopic (exact) mass is 259 g/mol. The minimum Gasteiger partial charge on any atom is -0.370 e. The summed E-state index contributed by atoms with van der Waals surface area (Å²) in [7, 11) is 0. The lowest BCUT2D eigenvalue weighted by molar-refractivity contribution is 0.102. The van der Waals surface area contributed by atoms with Gasteiger partial charge in [0.2, 0.25) is 0 Å². The molecule has 0 fully saturated rings. The van der Waals surface area contributed by atoms with Gasteiger partial charge in [0.25, 0.3) is 5.91 Å². The van der Waals surface area contributed by atoms with Crippen LogP contribution in [0.2, 0.25) is 0 Å². The first-order valence-electron chi connectivity index (χ1n) is 5.96. The van der Waals surface area contributed by atoms with Gasteiger partial charge in [-0.3, -0.25) is 4.79 Å². The Kier molecular flexibility index (Phi) is 4.07. The Labute approximate surface area is 110 Å². The van der Waals surface area contributed by atoms with Crippen LogP contribution in [0.4, 0.5) is 15.9 Å². The average molecular weight is 259 g/mol. The molecule has 4 nitrogen and oxygen atoms in total. The van der Waals surface area contributed by atoms with Gasteiger partial charge in [-0.1, -0.05) is 12.1 Å². The van der Waals surface area contributed by atoms with Gasteiger partial charge in [-0.05, 0) is 31.2 Å². The van der Waals surface area contributed by atoms with Gasteiger partial charge < -0.3 is 10.6 Å². The standard InChI is InChI=1S/C14H14FN3O/c1-2-16-13-8-7-10(9-17-13)18-14(19)11-5-3-4-6-12(11)15/h3-9H,2H2,1H3,(H,16,17)(H,18,19). The average Bonchev–Trinajstić information content (AvgIpc) is 2.42. The third-order valence-electron chi connectivity index (χ3n) is 2.50. The number of carbonyl (C=O) groups excluding carboxylic acids is 1. The van der Waals surface area contributed by atoms with Crippen molar-refractivity contribution in [2.75, 3.05) is 17.2 Å². The molecule has 0 spiro atoms. The Morgan fingerprint density at radius 2 is 2.05 bits per heavy atom. The summed E-state index contributed by atoms with van der Waals surface area (Å²) in [4.78, 5) is 16.0. The summed E-state index contributed by atoms with van der Waals surface area (Å²) in [5, 5.41) is 5.64. The van der Waals surface area contributed by atoms with Gasteiger partial charge >= 0.3 is 0 Å². The predicted molar refractivity (Wildman–Crippen MR) is 72.8 cm³/mol. The Balaban J connectivity index is 2.09. The Morgan fingerprint density at radius 3 is 2.68 bits per heavy atom. The van der Waals surface area contributed by atoms with Crippen LogP contribution in [0.15, 0.2) is 42.6 Å². The molecule has 0 radical (unpaired) electrons. The van der Waals surface area contributed by atoms with Crippen molar-refractivity contribution < 1.29 is 9.18 Å². The first-order valence-corrected chi connectivity index (χ1v) is 5.96. The molecular formula is C14H14FN3O. The lowest BCUT2D eigenvalue weighted by Crippen LogP contribution is -2.13. The second-order valence-electron chi connectivity index (χ2n) is 3.90. The molecule has 1 aromatic heterocycles. The number of pyridine rings is 1. The number of hydrogen-bond acceptors (Lipinski definition) is 3. The molecule has 0 aliphatic carbocycles. The predicted octanol–water partition coefficient (Wildman–Crippen LogP) is 2.90. The largest absolute Gasteiger partial charge is 0.370 e. The van der Waals surface area contributed by atoms with E-state index in [9.17, 15) is 9.18 Å². The molecular weight excluding hydrogens is 245 g/mol. The maximum atomic E-state index is 13.4. The number of hydrogen-bond donors (Lipinski definition) is 2. The molecule has 0 aliphatic rings. The molecule has 2 aromatic rings. The van der Waals surface area contributed by atoms with Crippen molar-refractivity contribution in [3.63, 3.8) is 0 Å². The topological polar surface area (TPSA) is 54.0 Å². The highest BCUT2D eigenvalue weighted by molar-refractivity contribution is 6.04. The number of halogens is 1. The minimum atomic E-state index is -0.544. The van der Waals surface area contributed by atoms with Gasteiger partial charge in [0.15, 0.2) is 0 Å². The fraction of sp³-hybridized carbons (Fsp3) is 0.143. The Hall–Kier alpha value is -2.43. The van der Waals surface area contributed by atoms with E-state index in [4.69, 9.17) is 0 Å². The summed E-state index contributed by atoms with van der Waals surface area (Å²) in [6.45, 7) is 2.74. The molecule has 0 aliphatic heterocycles. The molecule has 0 unspecified atom stereocenters. The van der Waals surface area contributed by atoms with Crippen LogP contribution in [0.25, 0.3) is 0 Å². The summed E-state index contributed by atoms with van der Waals surface area (Å²) in [5.74, 6) is -0.306. The molecule has 0 saturated carbocycles. The zero-order valence-electron chi connectivity index (χ0n) is 10.5. The van der Waals surface area contributed by atoms with E-state index in [2.05, 4.69) is 15.6 Å². The van der Waals surface area contributed by atoms with Gasteiger partial charge in [-0.25, -0.2) is 9.37 Å². The van der Waals surface area contributed by atoms with Crippen LogP contribution in [-0.2, 0) is 0 Å². The van der Waals surface area contributed by atoms with E-state index in [-0.39, 0.29) is 5.56 Å². The first-order chi connectivity index (χ1) is 9.20. The van der Waals surface area contributed by atoms with Crippen LogP contribution in [0.5, 0.6) is 0 Å². The number of nitrogens with one attached hydrogen (secondary N) is 2. The number of carbonyl (C=O) groups is 1. The number of rotatable bonds is 4. The second kappa shape index (κ2) is 5.95. The third-order valence-corrected chi connectivity index (χ3v) is 2.50. The van der Waals surface area contributed by atoms with Gasteiger partial charge in [0, 0.05) is 6.54 Å². The van der Waals surface area contributed by atoms with Crippen LogP contribution in [0.1, 0.15) is 17.3 Å². The van der Waals surface area contributed by atoms with Crippen molar-refractivity contribution in [1.29, 1.82) is 0 Å². The van der Waals surface area contributed by atoms with Gasteiger partial charge in [0.05, 0.1) is 17.4 Å². The lowest BCUT2D eigenvalue weighted by Gasteiger charge is -2.07. The van der Waals surface area contributed by atoms with E-state index in [0.717, 1.165) is 12.4 Å². The van der Waals surface area contributed by atoms with Crippen molar-refractivity contribution in [1.82, 2.24) is 4.98 Å². The molecule has 19 heavy (non-hydrogen) atoms. The summed E-state index contributed by atoms with van der Waals surface area (Å²) < 4.78 is 13.4. The van der Waals surface area contributed by atoms with Crippen molar-refractivity contribution in [2.45, 2.75) is 6.92 Å². The minimum absolute atomic E-state index is 0.0123. The molecule has 0 atom stereocenters. The molecule has 2 rings (SSSR count). The van der Waals surface area contributed by atoms with Gasteiger partial charge in [0.1, 0.15) is 11.6 Å². The van der Waals surface area contributed by atoms with Crippen molar-refractivity contribution in [3.05, 3.63) is 54.0 Å². The van der Waals surface area contributed by atoms with Crippen LogP contribution >= 0.6 is 0 Å². The van der Waals surface area contributed by atoms with Gasteiger partial charge in [-0.2, -0.15) is 0 Å². The fourth-order valence-electron chi connectivity index (χ4n) is 1.60. The van der Waals surface area contributed by atoms with E-state index in [0.29, 0.717) is 5.69 Å². The zero-order valence-corrected chi connectivity index (χ0v) is 10.5. The summed E-state index contributed by atoms with van der Waals surface area (Å²) in [6, 6.07) is 9.31. The van der Waals surface area contributed by atoms with Crippen LogP contribution < -0.4 is 10.6 Å². The molecule has 1 amide bonds. The normalized spacial score (nSPS) is 10.0. The Morgan fingerprint density at radius 1 is 1.26 bits per heavy atom. The SMILES string of the molecule is CCNc1ccc(NC(=O)c2ccccc2F)cn1. The van der Waals surface area contributed by atoms with E-state index in [1.54, 1.807) is 24.3 Å². The third kappa shape index (κ3) is 3.28. The summed E-state index contributed by atoms with van der Waals surface area (Å²) in [5.41, 5.74) is 0.535. The smallest absolute Gasteiger partial charge is 0.258 e. The maximum absolute atomic E-state index is 13.4. The highest BCUT2D eigenvalue weighted by atomic mass is 19.1. The number of nitrogens with zero attached hydrogens (tertiary/aromatic N) is 1. The number of aromatic nitrogens is 1. The number of amides is 1. The van der Waals surface area contributed by atoms with Crippen molar-refractivity contribution >= 4 is 17.4 Å². The van der Waals surface area contributed by atoms with Crippen LogP contribution in [-0.4, -0.2) is 17.4 Å². The highest BCUT2D eigenvalue weighted by Gasteiger charge is 2.10. The van der Waals surface area contributed by atoms with E-state index in [1.165, 1.54) is 18.3 Å². The molecule has 0 bridgehead atoms. The van der Waals surface area contributed by atoms with E-state index < -0.39 is 11.7 Å². The quantitative estimate of drug-likeness (QED) is 0.887. The fourth-order valence-corrected chi connectivity index (χ4v) is 1.60. The number of benzene rings is 1. The highest BCUT2D eigenvalue weighted by Crippen LogP contribution is 2.13. The van der Waals surface area contributed by atoms with Crippen LogP contribution in [0.3, 0.4) is 0 Å². The number of anilines is 2. The lowest BCUT2D eigenvalue weighted by atomic mass is 10.2. The molecule has 2 N–H and O–H groups in total. The molecule has 98 valence electrons. The van der Waals surface area contributed by atoms with Crippen molar-refractivity contribution in [3.8, 4) is 0 Å². The van der Waals surface area contributed by atoms with Crippen molar-refractivity contribution in [2.24, 2.45) is 0 Å². The Bertz CT molecular complexity index is 569. The van der Waals surface area contributed by atoms with Gasteiger partial charge in [-0.15, -0.1) is 0 Å². The molecule has 0 saturated heterocycles. The van der Waals surface area contributed by atoms with Crippen LogP contribution in [0, 0.1) is 5.82 Å². The van der Waals surface area contributed by atoms with E-state index in [1.807, 2.05) is 6.92 Å². The zero-order chi connectivity index (χ0) is 13.7. The van der Waals surface area contributed by atoms with E-state index >= 15 is 0 Å². The summed E-state index contributed by atoms with van der Waals surface area (Å²) >= 11 is 0. The first kappa shape index (κ1) is 13.0. The molecule has 1 aromatic carbocycles. The maximum Gasteiger partial charge on any atom is 0.258 e. The molecule has 1 heterocycles. The second-order valence-corrected chi connectivity index (χ2v) is 3.90.